The summed E-state index contributed by atoms with van der Waals surface area (Å²) in [4.78, 5) is 7.51. The maximum atomic E-state index is 6.24. The number of benzene rings is 8. The smallest absolute Gasteiger partial charge is 0.227 e. The highest BCUT2D eigenvalue weighted by Crippen LogP contribution is 2.47. The molecular formula is C49H32N2O. The zero-order valence-electron chi connectivity index (χ0n) is 28.3. The van der Waals surface area contributed by atoms with Crippen LogP contribution in [0.4, 0.5) is 17.1 Å². The Balaban J connectivity index is 1.29. The second-order valence-corrected chi connectivity index (χ2v) is 13.2. The van der Waals surface area contributed by atoms with Gasteiger partial charge in [0.25, 0.3) is 0 Å². The van der Waals surface area contributed by atoms with Crippen LogP contribution in [-0.4, -0.2) is 4.98 Å². The van der Waals surface area contributed by atoms with Crippen LogP contribution in [0.3, 0.4) is 0 Å². The van der Waals surface area contributed by atoms with Crippen LogP contribution in [0, 0.1) is 0 Å². The molecule has 0 unspecified atom stereocenters. The summed E-state index contributed by atoms with van der Waals surface area (Å²) in [6, 6.07) is 69.1. The number of pyridine rings is 1. The van der Waals surface area contributed by atoms with Crippen LogP contribution in [-0.2, 0) is 0 Å². The van der Waals surface area contributed by atoms with Crippen molar-refractivity contribution >= 4 is 60.8 Å². The fraction of sp³-hybridized carbons (Fsp3) is 0. The van der Waals surface area contributed by atoms with Gasteiger partial charge < -0.3 is 9.32 Å². The van der Waals surface area contributed by atoms with Crippen LogP contribution in [0.2, 0.25) is 0 Å². The summed E-state index contributed by atoms with van der Waals surface area (Å²) in [7, 11) is 0. The first-order valence-corrected chi connectivity index (χ1v) is 17.6. The van der Waals surface area contributed by atoms with Crippen molar-refractivity contribution in [3.8, 4) is 33.4 Å². The zero-order valence-corrected chi connectivity index (χ0v) is 28.3. The van der Waals surface area contributed by atoms with Gasteiger partial charge in [-0.05, 0) is 87.1 Å². The molecule has 3 heteroatoms. The Kier molecular flexibility index (Phi) is 7.14. The number of fused-ring (bicyclic) bond motifs is 5. The van der Waals surface area contributed by atoms with E-state index in [-0.39, 0.29) is 0 Å². The molecule has 10 aromatic rings. The molecule has 0 fully saturated rings. The van der Waals surface area contributed by atoms with Gasteiger partial charge in [-0.3, -0.25) is 0 Å². The lowest BCUT2D eigenvalue weighted by Crippen LogP contribution is -2.12. The third kappa shape index (κ3) is 5.10. The Labute approximate surface area is 301 Å². The number of furan rings is 1. The van der Waals surface area contributed by atoms with E-state index in [1.165, 1.54) is 27.5 Å². The largest absolute Gasteiger partial charge is 0.438 e. The molecule has 0 saturated carbocycles. The van der Waals surface area contributed by atoms with E-state index in [0.717, 1.165) is 61.0 Å². The molecule has 0 atom stereocenters. The monoisotopic (exact) mass is 664 g/mol. The normalized spacial score (nSPS) is 11.5. The number of nitrogens with zero attached hydrogens (tertiary/aromatic N) is 2. The standard InChI is InChI=1S/C49H32N2O/c1-3-14-33(15-4-1)36-20-11-21-38(30-36)51(46-26-13-25-45-44(46)32-43-41-23-9-10-27-48(41)52-49(43)50-45)47-29-28-37(34-16-5-2-6-17-34)31-42(47)40-24-12-19-35-18-7-8-22-39(35)40/h1-32H. The number of aromatic nitrogens is 1. The van der Waals surface area contributed by atoms with Crippen LogP contribution in [0.5, 0.6) is 0 Å². The van der Waals surface area contributed by atoms with Gasteiger partial charge in [-0.1, -0.05) is 146 Å². The quantitative estimate of drug-likeness (QED) is 0.177. The second-order valence-electron chi connectivity index (χ2n) is 13.2. The summed E-state index contributed by atoms with van der Waals surface area (Å²) in [5.74, 6) is 0. The van der Waals surface area contributed by atoms with E-state index in [9.17, 15) is 0 Å². The van der Waals surface area contributed by atoms with E-state index in [1.807, 2.05) is 12.1 Å². The molecule has 8 aromatic carbocycles. The Hall–Kier alpha value is -6.97. The van der Waals surface area contributed by atoms with Gasteiger partial charge in [-0.25, -0.2) is 4.98 Å². The minimum absolute atomic E-state index is 0.645. The molecule has 10 rings (SSSR count). The SMILES string of the molecule is c1ccc(-c2cccc(N(c3ccc(-c4ccccc4)cc3-c3cccc4ccccc34)c3cccc4nc5oc6ccccc6c5cc34)c2)cc1. The molecule has 0 spiro atoms. The highest BCUT2D eigenvalue weighted by atomic mass is 16.3. The van der Waals surface area contributed by atoms with Crippen LogP contribution >= 0.6 is 0 Å². The Morgan fingerprint density at radius 2 is 1.04 bits per heavy atom. The molecule has 0 N–H and O–H groups in total. The average molecular weight is 665 g/mol. The summed E-state index contributed by atoms with van der Waals surface area (Å²) >= 11 is 0. The van der Waals surface area contributed by atoms with Gasteiger partial charge in [-0.2, -0.15) is 0 Å². The van der Waals surface area contributed by atoms with Crippen LogP contribution in [0.15, 0.2) is 199 Å². The summed E-state index contributed by atoms with van der Waals surface area (Å²) < 4.78 is 6.24. The van der Waals surface area contributed by atoms with Crippen molar-refractivity contribution in [1.82, 2.24) is 4.98 Å². The van der Waals surface area contributed by atoms with E-state index >= 15 is 0 Å². The Morgan fingerprint density at radius 3 is 1.87 bits per heavy atom. The molecule has 2 heterocycles. The zero-order chi connectivity index (χ0) is 34.4. The van der Waals surface area contributed by atoms with Crippen molar-refractivity contribution in [2.75, 3.05) is 4.90 Å². The lowest BCUT2D eigenvalue weighted by molar-refractivity contribution is 0.656. The van der Waals surface area contributed by atoms with Crippen LogP contribution in [0.25, 0.3) is 77.1 Å². The van der Waals surface area contributed by atoms with Gasteiger partial charge in [-0.15, -0.1) is 0 Å². The van der Waals surface area contributed by atoms with Crippen LogP contribution < -0.4 is 4.90 Å². The summed E-state index contributed by atoms with van der Waals surface area (Å²) in [5, 5.41) is 5.52. The molecular weight excluding hydrogens is 633 g/mol. The highest BCUT2D eigenvalue weighted by Gasteiger charge is 2.23. The molecule has 0 aliphatic rings. The average Bonchev–Trinajstić information content (AvgIpc) is 3.58. The Morgan fingerprint density at radius 1 is 0.385 bits per heavy atom. The number of rotatable bonds is 6. The number of anilines is 3. The lowest BCUT2D eigenvalue weighted by Gasteiger charge is -2.30. The topological polar surface area (TPSA) is 29.3 Å². The maximum Gasteiger partial charge on any atom is 0.227 e. The van der Waals surface area contributed by atoms with Crippen molar-refractivity contribution in [1.29, 1.82) is 0 Å². The molecule has 244 valence electrons. The molecule has 0 aliphatic heterocycles. The summed E-state index contributed by atoms with van der Waals surface area (Å²) in [6.45, 7) is 0. The first-order valence-electron chi connectivity index (χ1n) is 17.6. The first-order chi connectivity index (χ1) is 25.8. The third-order valence-electron chi connectivity index (χ3n) is 10.1. The fourth-order valence-electron chi connectivity index (χ4n) is 7.59. The molecule has 0 amide bonds. The van der Waals surface area contributed by atoms with E-state index < -0.39 is 0 Å². The van der Waals surface area contributed by atoms with E-state index in [1.54, 1.807) is 0 Å². The number of hydrogen-bond donors (Lipinski definition) is 0. The lowest BCUT2D eigenvalue weighted by atomic mass is 9.92. The molecule has 0 aliphatic carbocycles. The van der Waals surface area contributed by atoms with Crippen molar-refractivity contribution in [3.05, 3.63) is 194 Å². The number of hydrogen-bond acceptors (Lipinski definition) is 3. The minimum atomic E-state index is 0.645. The van der Waals surface area contributed by atoms with E-state index in [2.05, 4.69) is 187 Å². The third-order valence-corrected chi connectivity index (χ3v) is 10.1. The fourth-order valence-corrected chi connectivity index (χ4v) is 7.59. The molecule has 0 bridgehead atoms. The van der Waals surface area contributed by atoms with Gasteiger partial charge in [0.2, 0.25) is 5.71 Å². The van der Waals surface area contributed by atoms with Crippen molar-refractivity contribution in [2.45, 2.75) is 0 Å². The summed E-state index contributed by atoms with van der Waals surface area (Å²) in [6.07, 6.45) is 0. The molecule has 0 radical (unpaired) electrons. The maximum absolute atomic E-state index is 6.24. The van der Waals surface area contributed by atoms with E-state index in [4.69, 9.17) is 9.40 Å². The summed E-state index contributed by atoms with van der Waals surface area (Å²) in [5.41, 5.74) is 12.5. The number of para-hydroxylation sites is 1. The first kappa shape index (κ1) is 29.9. The van der Waals surface area contributed by atoms with Gasteiger partial charge >= 0.3 is 0 Å². The van der Waals surface area contributed by atoms with Gasteiger partial charge in [0.15, 0.2) is 0 Å². The van der Waals surface area contributed by atoms with Crippen molar-refractivity contribution < 1.29 is 4.42 Å². The van der Waals surface area contributed by atoms with E-state index in [0.29, 0.717) is 5.71 Å². The molecule has 2 aromatic heterocycles. The van der Waals surface area contributed by atoms with Crippen LogP contribution in [0.1, 0.15) is 0 Å². The molecule has 52 heavy (non-hydrogen) atoms. The van der Waals surface area contributed by atoms with Crippen molar-refractivity contribution in [2.24, 2.45) is 0 Å². The van der Waals surface area contributed by atoms with Gasteiger partial charge in [0.05, 0.1) is 16.9 Å². The van der Waals surface area contributed by atoms with Gasteiger partial charge in [0, 0.05) is 27.4 Å². The minimum Gasteiger partial charge on any atom is -0.438 e. The Bertz CT molecular complexity index is 2910. The predicted octanol–water partition coefficient (Wildman–Crippen LogP) is 13.8. The second kappa shape index (κ2) is 12.4. The predicted molar refractivity (Wildman–Crippen MR) is 218 cm³/mol. The van der Waals surface area contributed by atoms with Crippen molar-refractivity contribution in [3.63, 3.8) is 0 Å². The highest BCUT2D eigenvalue weighted by molar-refractivity contribution is 6.11. The molecule has 0 saturated heterocycles. The van der Waals surface area contributed by atoms with Gasteiger partial charge in [0.1, 0.15) is 5.58 Å². The molecule has 3 nitrogen and oxygen atoms in total.